The number of thioether (sulfide) groups is 1. The molecule has 21 heavy (non-hydrogen) atoms. The molecule has 0 heterocycles. The van der Waals surface area contributed by atoms with Crippen molar-refractivity contribution in [2.75, 3.05) is 0 Å². The molecule has 4 aliphatic rings. The van der Waals surface area contributed by atoms with E-state index in [0.29, 0.717) is 23.6 Å². The molecule has 4 nitrogen and oxygen atoms in total. The van der Waals surface area contributed by atoms with E-state index in [1.54, 1.807) is 0 Å². The number of fused-ring (bicyclic) bond motifs is 4. The quantitative estimate of drug-likeness (QED) is 0.709. The number of rotatable bonds is 2. The van der Waals surface area contributed by atoms with Crippen LogP contribution in [0, 0.1) is 23.7 Å². The molecule has 4 aliphatic carbocycles. The third-order valence-electron chi connectivity index (χ3n) is 6.01. The molecular weight excluding hydrogens is 288 g/mol. The highest BCUT2D eigenvalue weighted by Gasteiger charge is 2.43. The summed E-state index contributed by atoms with van der Waals surface area (Å²) in [5, 5.41) is -0.943. The molecule has 0 aliphatic heterocycles. The molecule has 0 aromatic heterocycles. The second-order valence-electron chi connectivity index (χ2n) is 7.26. The molecule has 6 unspecified atom stereocenters. The van der Waals surface area contributed by atoms with Crippen molar-refractivity contribution in [3.05, 3.63) is 0 Å². The molecule has 5 heteroatoms. The summed E-state index contributed by atoms with van der Waals surface area (Å²) in [6, 6.07) is 0. The Kier molecular flexibility index (Phi) is 3.64. The summed E-state index contributed by atoms with van der Waals surface area (Å²) in [6.07, 6.45) is 9.33. The van der Waals surface area contributed by atoms with Gasteiger partial charge in [-0.25, -0.2) is 9.59 Å². The zero-order valence-electron chi connectivity index (χ0n) is 12.2. The van der Waals surface area contributed by atoms with E-state index < -0.39 is 10.6 Å². The Labute approximate surface area is 129 Å². The van der Waals surface area contributed by atoms with Crippen molar-refractivity contribution in [2.45, 2.75) is 63.6 Å². The zero-order chi connectivity index (χ0) is 14.4. The molecule has 4 fully saturated rings. The van der Waals surface area contributed by atoms with Crippen LogP contribution >= 0.6 is 11.8 Å². The summed E-state index contributed by atoms with van der Waals surface area (Å²) in [6.45, 7) is 0. The van der Waals surface area contributed by atoms with Crippen molar-refractivity contribution in [1.82, 2.24) is 0 Å². The summed E-state index contributed by atoms with van der Waals surface area (Å²) >= 11 is 0.606. The lowest BCUT2D eigenvalue weighted by atomic mass is 9.98. The molecular formula is C16H22O4S. The van der Waals surface area contributed by atoms with E-state index in [9.17, 15) is 9.59 Å². The van der Waals surface area contributed by atoms with Crippen LogP contribution in [0.4, 0.5) is 9.59 Å². The van der Waals surface area contributed by atoms with E-state index in [1.807, 2.05) is 0 Å². The fourth-order valence-electron chi connectivity index (χ4n) is 5.02. The SMILES string of the molecule is O=C(OC1CC2CCC1C2)SC(=O)OC1CC2CCC1C2. The molecule has 4 saturated carbocycles. The Morgan fingerprint density at radius 1 is 0.714 bits per heavy atom. The van der Waals surface area contributed by atoms with Gasteiger partial charge in [0.15, 0.2) is 0 Å². The molecule has 4 bridgehead atoms. The molecule has 0 saturated heterocycles. The van der Waals surface area contributed by atoms with Crippen LogP contribution in [-0.2, 0) is 9.47 Å². The fourth-order valence-corrected chi connectivity index (χ4v) is 5.50. The topological polar surface area (TPSA) is 52.6 Å². The molecule has 0 N–H and O–H groups in total. The molecule has 0 aromatic carbocycles. The zero-order valence-corrected chi connectivity index (χ0v) is 13.0. The van der Waals surface area contributed by atoms with Crippen LogP contribution in [0.1, 0.15) is 51.4 Å². The largest absolute Gasteiger partial charge is 0.454 e. The van der Waals surface area contributed by atoms with Crippen LogP contribution in [-0.4, -0.2) is 22.8 Å². The molecule has 4 rings (SSSR count). The van der Waals surface area contributed by atoms with Gasteiger partial charge in [-0.1, -0.05) is 0 Å². The Balaban J connectivity index is 1.22. The Hall–Kier alpha value is -0.710. The van der Waals surface area contributed by atoms with Crippen molar-refractivity contribution in [2.24, 2.45) is 23.7 Å². The van der Waals surface area contributed by atoms with Crippen molar-refractivity contribution in [3.8, 4) is 0 Å². The highest BCUT2D eigenvalue weighted by molar-refractivity contribution is 8.25. The fraction of sp³-hybridized carbons (Fsp3) is 0.875. The summed E-state index contributed by atoms with van der Waals surface area (Å²) < 4.78 is 10.9. The number of carbonyl (C=O) groups is 2. The van der Waals surface area contributed by atoms with E-state index >= 15 is 0 Å². The standard InChI is InChI=1S/C16H22O4S/c17-15(19-13-7-9-1-3-11(13)5-9)21-16(18)20-14-8-10-2-4-12(14)6-10/h9-14H,1-8H2. The monoisotopic (exact) mass is 310 g/mol. The number of hydrogen-bond donors (Lipinski definition) is 0. The van der Waals surface area contributed by atoms with Crippen LogP contribution in [0.5, 0.6) is 0 Å². The van der Waals surface area contributed by atoms with Crippen LogP contribution in [0.2, 0.25) is 0 Å². The van der Waals surface area contributed by atoms with Gasteiger partial charge in [-0.2, -0.15) is 0 Å². The van der Waals surface area contributed by atoms with Crippen molar-refractivity contribution in [3.63, 3.8) is 0 Å². The molecule has 0 amide bonds. The lowest BCUT2D eigenvalue weighted by Crippen LogP contribution is -2.25. The number of ether oxygens (including phenoxy) is 2. The van der Waals surface area contributed by atoms with E-state index in [4.69, 9.17) is 9.47 Å². The van der Waals surface area contributed by atoms with Crippen molar-refractivity contribution >= 4 is 22.4 Å². The summed E-state index contributed by atoms with van der Waals surface area (Å²) in [5.74, 6) is 2.53. The van der Waals surface area contributed by atoms with E-state index in [1.165, 1.54) is 38.5 Å². The second kappa shape index (κ2) is 5.49. The van der Waals surface area contributed by atoms with Crippen molar-refractivity contribution in [1.29, 1.82) is 0 Å². The Bertz CT molecular complexity index is 412. The minimum absolute atomic E-state index is 0.0408. The summed E-state index contributed by atoms with van der Waals surface area (Å²) in [4.78, 5) is 23.7. The van der Waals surface area contributed by atoms with Gasteiger partial charge in [0.25, 0.3) is 0 Å². The van der Waals surface area contributed by atoms with Crippen molar-refractivity contribution < 1.29 is 19.1 Å². The first-order chi connectivity index (χ1) is 10.2. The Morgan fingerprint density at radius 2 is 1.19 bits per heavy atom. The first-order valence-electron chi connectivity index (χ1n) is 8.26. The minimum atomic E-state index is -0.472. The van der Waals surface area contributed by atoms with Gasteiger partial charge in [-0.3, -0.25) is 0 Å². The maximum atomic E-state index is 11.9. The smallest absolute Gasteiger partial charge is 0.378 e. The van der Waals surface area contributed by atoms with E-state index in [2.05, 4.69) is 0 Å². The summed E-state index contributed by atoms with van der Waals surface area (Å²) in [5.41, 5.74) is 0. The maximum Gasteiger partial charge on any atom is 0.378 e. The lowest BCUT2D eigenvalue weighted by Gasteiger charge is -2.23. The van der Waals surface area contributed by atoms with Gasteiger partial charge in [0, 0.05) is 0 Å². The molecule has 6 atom stereocenters. The first-order valence-corrected chi connectivity index (χ1v) is 9.08. The lowest BCUT2D eigenvalue weighted by molar-refractivity contribution is 0.0808. The van der Waals surface area contributed by atoms with Crippen LogP contribution in [0.25, 0.3) is 0 Å². The molecule has 116 valence electrons. The van der Waals surface area contributed by atoms with Gasteiger partial charge in [0.1, 0.15) is 12.2 Å². The van der Waals surface area contributed by atoms with Gasteiger partial charge in [0.05, 0.1) is 11.8 Å². The Morgan fingerprint density at radius 3 is 1.52 bits per heavy atom. The molecule has 0 spiro atoms. The van der Waals surface area contributed by atoms with Gasteiger partial charge in [-0.05, 0) is 75.0 Å². The van der Waals surface area contributed by atoms with Gasteiger partial charge in [0.2, 0.25) is 0 Å². The minimum Gasteiger partial charge on any atom is -0.454 e. The average molecular weight is 310 g/mol. The third kappa shape index (κ3) is 2.81. The second-order valence-corrected chi connectivity index (χ2v) is 8.14. The predicted octanol–water partition coefficient (Wildman–Crippen LogP) is 4.37. The third-order valence-corrected chi connectivity index (χ3v) is 6.53. The van der Waals surface area contributed by atoms with Gasteiger partial charge >= 0.3 is 10.6 Å². The van der Waals surface area contributed by atoms with Gasteiger partial charge < -0.3 is 9.47 Å². The van der Waals surface area contributed by atoms with Gasteiger partial charge in [-0.15, -0.1) is 0 Å². The number of hydrogen-bond acceptors (Lipinski definition) is 5. The normalized spacial score (nSPS) is 43.2. The average Bonchev–Trinajstić information content (AvgIpc) is 3.18. The van der Waals surface area contributed by atoms with Crippen LogP contribution in [0.3, 0.4) is 0 Å². The summed E-state index contributed by atoms with van der Waals surface area (Å²) in [7, 11) is 0. The predicted molar refractivity (Wildman–Crippen MR) is 79.0 cm³/mol. The highest BCUT2D eigenvalue weighted by Crippen LogP contribution is 2.47. The first kappa shape index (κ1) is 13.9. The van der Waals surface area contributed by atoms with E-state index in [0.717, 1.165) is 24.7 Å². The maximum absolute atomic E-state index is 11.9. The highest BCUT2D eigenvalue weighted by atomic mass is 32.2. The number of carbonyl (C=O) groups excluding carboxylic acids is 2. The molecule has 0 aromatic rings. The van der Waals surface area contributed by atoms with Crippen LogP contribution in [0.15, 0.2) is 0 Å². The molecule has 0 radical (unpaired) electrons. The van der Waals surface area contributed by atoms with E-state index in [-0.39, 0.29) is 12.2 Å². The van der Waals surface area contributed by atoms with Crippen LogP contribution < -0.4 is 0 Å².